The maximum atomic E-state index is 10.8. The van der Waals surface area contributed by atoms with Crippen molar-refractivity contribution in [3.05, 3.63) is 131 Å². The van der Waals surface area contributed by atoms with E-state index in [2.05, 4.69) is 140 Å². The molecule has 42 heavy (non-hydrogen) atoms. The Morgan fingerprint density at radius 1 is 0.714 bits per heavy atom. The molecule has 0 heterocycles. The minimum atomic E-state index is -0.803. The number of aliphatic hydroxyl groups is 2. The summed E-state index contributed by atoms with van der Waals surface area (Å²) < 4.78 is 0. The van der Waals surface area contributed by atoms with E-state index in [0.29, 0.717) is 6.42 Å². The highest BCUT2D eigenvalue weighted by Gasteiger charge is 2.47. The zero-order chi connectivity index (χ0) is 31.8. The first-order valence-electron chi connectivity index (χ1n) is 15.4. The quantitative estimate of drug-likeness (QED) is 0.161. The minimum absolute atomic E-state index is 0.0552. The molecule has 1 aliphatic rings. The Kier molecular flexibility index (Phi) is 16.4. The molecule has 1 saturated carbocycles. The summed E-state index contributed by atoms with van der Waals surface area (Å²) in [6, 6.07) is 0. The highest BCUT2D eigenvalue weighted by molar-refractivity contribution is 5.32. The van der Waals surface area contributed by atoms with Gasteiger partial charge >= 0.3 is 0 Å². The molecule has 0 amide bonds. The van der Waals surface area contributed by atoms with Crippen LogP contribution in [-0.2, 0) is 0 Å². The Morgan fingerprint density at radius 2 is 1.17 bits per heavy atom. The fourth-order valence-corrected chi connectivity index (χ4v) is 4.99. The average Bonchev–Trinajstić information content (AvgIpc) is 3.19. The van der Waals surface area contributed by atoms with Gasteiger partial charge in [-0.2, -0.15) is 0 Å². The molecule has 1 fully saturated rings. The normalized spacial score (nSPS) is 24.0. The van der Waals surface area contributed by atoms with Crippen LogP contribution in [0.3, 0.4) is 0 Å². The fourth-order valence-electron chi connectivity index (χ4n) is 4.99. The number of hydrogen-bond acceptors (Lipinski definition) is 2. The maximum absolute atomic E-state index is 10.8. The van der Waals surface area contributed by atoms with Gasteiger partial charge in [0, 0.05) is 5.92 Å². The molecule has 2 heteroatoms. The van der Waals surface area contributed by atoms with Gasteiger partial charge < -0.3 is 10.2 Å². The first-order chi connectivity index (χ1) is 19.6. The molecule has 2 N–H and O–H groups in total. The van der Waals surface area contributed by atoms with Crippen molar-refractivity contribution in [3.8, 4) is 0 Å². The van der Waals surface area contributed by atoms with Crippen LogP contribution in [0.1, 0.15) is 94.9 Å². The van der Waals surface area contributed by atoms with Gasteiger partial charge in [0.2, 0.25) is 0 Å². The third kappa shape index (κ3) is 15.9. The minimum Gasteiger partial charge on any atom is -0.390 e. The Bertz CT molecular complexity index is 1190. The molecule has 0 saturated heterocycles. The first kappa shape index (κ1) is 37.1. The molecule has 1 aliphatic carbocycles. The molecule has 0 unspecified atom stereocenters. The third-order valence-corrected chi connectivity index (χ3v) is 7.68. The summed E-state index contributed by atoms with van der Waals surface area (Å²) in [4.78, 5) is 0. The Morgan fingerprint density at radius 3 is 1.64 bits per heavy atom. The summed E-state index contributed by atoms with van der Waals surface area (Å²) in [6.45, 7) is 20.4. The average molecular weight is 571 g/mol. The van der Waals surface area contributed by atoms with E-state index in [1.165, 1.54) is 22.3 Å². The van der Waals surface area contributed by atoms with Gasteiger partial charge in [0.15, 0.2) is 0 Å². The summed E-state index contributed by atoms with van der Waals surface area (Å²) in [6.07, 6.45) is 37.5. The van der Waals surface area contributed by atoms with Crippen molar-refractivity contribution < 1.29 is 10.2 Å². The number of rotatable bonds is 14. The van der Waals surface area contributed by atoms with Crippen LogP contribution in [-0.4, -0.2) is 21.4 Å². The molecule has 0 spiro atoms. The van der Waals surface area contributed by atoms with Crippen LogP contribution in [0.2, 0.25) is 0 Å². The van der Waals surface area contributed by atoms with Crippen LogP contribution in [0.25, 0.3) is 0 Å². The lowest BCUT2D eigenvalue weighted by molar-refractivity contribution is -0.0294. The predicted octanol–water partition coefficient (Wildman–Crippen LogP) is 10.8. The fraction of sp³-hybridized carbons (Fsp3) is 0.450. The van der Waals surface area contributed by atoms with Crippen molar-refractivity contribution in [2.24, 2.45) is 11.8 Å². The first-order valence-corrected chi connectivity index (χ1v) is 15.4. The molecule has 3 atom stereocenters. The Hall–Kier alpha value is -2.94. The highest BCUT2D eigenvalue weighted by Crippen LogP contribution is 2.46. The monoisotopic (exact) mass is 570 g/mol. The highest BCUT2D eigenvalue weighted by atomic mass is 16.3. The van der Waals surface area contributed by atoms with E-state index in [0.717, 1.165) is 30.4 Å². The summed E-state index contributed by atoms with van der Waals surface area (Å²) in [5.74, 6) is -0.00110. The van der Waals surface area contributed by atoms with E-state index >= 15 is 0 Å². The second-order valence-electron chi connectivity index (χ2n) is 13.0. The molecule has 230 valence electrons. The SMILES string of the molecule is CC(C)=CCC/C(C)=C/C=C/C(C)=C/C=C/C(C)=C/C=C/C=C(C)/C=C/C=C(C)/C=C/[C@@H]1[C@H](C(C)(C)O)CC[C@@]1(C)O. The molecule has 0 aromatic rings. The number of allylic oxidation sites excluding steroid dienone is 21. The Labute approximate surface area is 258 Å². The molecule has 0 bridgehead atoms. The van der Waals surface area contributed by atoms with E-state index in [9.17, 15) is 10.2 Å². The molecular formula is C40H58O2. The number of hydrogen-bond donors (Lipinski definition) is 2. The van der Waals surface area contributed by atoms with Crippen molar-refractivity contribution in [1.82, 2.24) is 0 Å². The van der Waals surface area contributed by atoms with E-state index in [1.807, 2.05) is 26.8 Å². The van der Waals surface area contributed by atoms with E-state index < -0.39 is 11.2 Å². The second kappa shape index (κ2) is 18.6. The van der Waals surface area contributed by atoms with Crippen LogP contribution in [0, 0.1) is 11.8 Å². The molecule has 0 aromatic carbocycles. The van der Waals surface area contributed by atoms with Crippen LogP contribution < -0.4 is 0 Å². The lowest BCUT2D eigenvalue weighted by Gasteiger charge is -2.33. The third-order valence-electron chi connectivity index (χ3n) is 7.68. The van der Waals surface area contributed by atoms with E-state index in [4.69, 9.17) is 0 Å². The van der Waals surface area contributed by atoms with Gasteiger partial charge in [0.05, 0.1) is 11.2 Å². The lowest BCUT2D eigenvalue weighted by atomic mass is 9.78. The van der Waals surface area contributed by atoms with Crippen LogP contribution in [0.4, 0.5) is 0 Å². The van der Waals surface area contributed by atoms with Crippen molar-refractivity contribution in [2.75, 3.05) is 0 Å². The molecule has 0 aromatic heterocycles. The molecule has 2 nitrogen and oxygen atoms in total. The van der Waals surface area contributed by atoms with Crippen molar-refractivity contribution >= 4 is 0 Å². The standard InChI is InChI=1S/C40H58O2/c1-31(2)17-13-20-34(5)23-15-25-35(6)24-14-21-32(3)18-11-12-19-33(4)22-16-26-36(7)27-28-38-37(39(8,9)41)29-30-40(38,10)42/h11-12,14-19,21-28,37-38,41-42H,13,20,29-30H2,1-10H3/b12-11+,21-14+,22-16+,25-15+,28-27+,32-18+,33-19+,34-23+,35-24+,36-26+/t37-,38-,40-/m1/s1. The van der Waals surface area contributed by atoms with E-state index in [1.54, 1.807) is 0 Å². The van der Waals surface area contributed by atoms with Crippen molar-refractivity contribution in [2.45, 2.75) is 106 Å². The van der Waals surface area contributed by atoms with Crippen LogP contribution in [0.5, 0.6) is 0 Å². The van der Waals surface area contributed by atoms with Crippen molar-refractivity contribution in [3.63, 3.8) is 0 Å². The predicted molar refractivity (Wildman–Crippen MR) is 186 cm³/mol. The largest absolute Gasteiger partial charge is 0.390 e. The Balaban J connectivity index is 2.61. The summed E-state index contributed by atoms with van der Waals surface area (Å²) >= 11 is 0. The maximum Gasteiger partial charge on any atom is 0.0686 e. The van der Waals surface area contributed by atoms with E-state index in [-0.39, 0.29) is 11.8 Å². The van der Waals surface area contributed by atoms with Crippen LogP contribution in [0.15, 0.2) is 131 Å². The second-order valence-corrected chi connectivity index (χ2v) is 13.0. The van der Waals surface area contributed by atoms with Gasteiger partial charge in [-0.1, -0.05) is 131 Å². The molecule has 0 radical (unpaired) electrons. The smallest absolute Gasteiger partial charge is 0.0686 e. The summed E-state index contributed by atoms with van der Waals surface area (Å²) in [5, 5.41) is 21.3. The lowest BCUT2D eigenvalue weighted by Crippen LogP contribution is -2.39. The van der Waals surface area contributed by atoms with Crippen LogP contribution >= 0.6 is 0 Å². The van der Waals surface area contributed by atoms with Gasteiger partial charge in [-0.05, 0) is 101 Å². The molecular weight excluding hydrogens is 512 g/mol. The van der Waals surface area contributed by atoms with Gasteiger partial charge in [0.25, 0.3) is 0 Å². The van der Waals surface area contributed by atoms with Crippen molar-refractivity contribution in [1.29, 1.82) is 0 Å². The van der Waals surface area contributed by atoms with Gasteiger partial charge in [-0.3, -0.25) is 0 Å². The molecule has 1 rings (SSSR count). The summed E-state index contributed by atoms with van der Waals surface area (Å²) in [7, 11) is 0. The van der Waals surface area contributed by atoms with Gasteiger partial charge in [-0.25, -0.2) is 0 Å². The molecule has 0 aliphatic heterocycles. The zero-order valence-corrected chi connectivity index (χ0v) is 28.1. The topological polar surface area (TPSA) is 40.5 Å². The summed E-state index contributed by atoms with van der Waals surface area (Å²) in [5.41, 5.74) is 5.88. The van der Waals surface area contributed by atoms with Gasteiger partial charge in [-0.15, -0.1) is 0 Å². The zero-order valence-electron chi connectivity index (χ0n) is 28.1. The van der Waals surface area contributed by atoms with Gasteiger partial charge in [0.1, 0.15) is 0 Å².